The number of rotatable bonds is 1. The van der Waals surface area contributed by atoms with Gasteiger partial charge in [0, 0.05) is 21.5 Å². The molecule has 1 aliphatic heterocycles. The molecule has 0 saturated carbocycles. The molecular weight excluding hydrogens is 173 g/mol. The standard InChI is InChI=1S/C11H15NO.B/c1-9-2-4-10(5-3-9)11-8-12-6-7-13-11;/h2-5,11-12H,6-8H2,1H3;. The predicted molar refractivity (Wildman–Crippen MR) is 58.5 cm³/mol. The third-order valence-electron chi connectivity index (χ3n) is 2.38. The Morgan fingerprint density at radius 2 is 2.00 bits per heavy atom. The lowest BCUT2D eigenvalue weighted by molar-refractivity contribution is 0.0277. The topological polar surface area (TPSA) is 21.3 Å². The number of aryl methyl sites for hydroxylation is 1. The van der Waals surface area contributed by atoms with E-state index in [0.717, 1.165) is 19.7 Å². The Kier molecular flexibility index (Phi) is 4.17. The van der Waals surface area contributed by atoms with Crippen molar-refractivity contribution in [1.82, 2.24) is 5.32 Å². The monoisotopic (exact) mass is 188 g/mol. The summed E-state index contributed by atoms with van der Waals surface area (Å²) in [7, 11) is 0. The SMILES string of the molecule is Cc1ccc(C2CNCCO2)cc1.[B]. The van der Waals surface area contributed by atoms with Crippen molar-refractivity contribution in [3.05, 3.63) is 35.4 Å². The molecule has 1 aromatic rings. The van der Waals surface area contributed by atoms with Gasteiger partial charge in [0.2, 0.25) is 0 Å². The summed E-state index contributed by atoms with van der Waals surface area (Å²) in [6, 6.07) is 8.56. The van der Waals surface area contributed by atoms with E-state index in [-0.39, 0.29) is 14.5 Å². The second-order valence-corrected chi connectivity index (χ2v) is 3.47. The van der Waals surface area contributed by atoms with Crippen LogP contribution in [-0.4, -0.2) is 28.1 Å². The van der Waals surface area contributed by atoms with Crippen LogP contribution in [0.3, 0.4) is 0 Å². The van der Waals surface area contributed by atoms with E-state index in [0.29, 0.717) is 0 Å². The van der Waals surface area contributed by atoms with Crippen molar-refractivity contribution in [2.24, 2.45) is 0 Å². The van der Waals surface area contributed by atoms with Crippen molar-refractivity contribution >= 4 is 8.41 Å². The largest absolute Gasteiger partial charge is 0.371 e. The molecule has 2 nitrogen and oxygen atoms in total. The van der Waals surface area contributed by atoms with Gasteiger partial charge in [-0.2, -0.15) is 0 Å². The Morgan fingerprint density at radius 1 is 1.29 bits per heavy atom. The van der Waals surface area contributed by atoms with Gasteiger partial charge in [0.25, 0.3) is 0 Å². The van der Waals surface area contributed by atoms with Gasteiger partial charge in [-0.3, -0.25) is 0 Å². The highest BCUT2D eigenvalue weighted by atomic mass is 16.5. The van der Waals surface area contributed by atoms with E-state index in [1.807, 2.05) is 0 Å². The summed E-state index contributed by atoms with van der Waals surface area (Å²) in [5.74, 6) is 0. The fraction of sp³-hybridized carbons (Fsp3) is 0.455. The minimum atomic E-state index is 0. The first-order chi connectivity index (χ1) is 6.36. The molecule has 0 amide bonds. The summed E-state index contributed by atoms with van der Waals surface area (Å²) >= 11 is 0. The highest BCUT2D eigenvalue weighted by molar-refractivity contribution is 5.75. The Labute approximate surface area is 87.2 Å². The maximum Gasteiger partial charge on any atom is 0.0949 e. The average Bonchev–Trinajstić information content (AvgIpc) is 2.20. The molecule has 0 aromatic heterocycles. The molecule has 0 aliphatic carbocycles. The number of hydrogen-bond acceptors (Lipinski definition) is 2. The summed E-state index contributed by atoms with van der Waals surface area (Å²) in [5, 5.41) is 3.32. The first-order valence-electron chi connectivity index (χ1n) is 4.75. The molecular formula is C11H15BNO. The second kappa shape index (κ2) is 5.18. The lowest BCUT2D eigenvalue weighted by Gasteiger charge is -2.23. The quantitative estimate of drug-likeness (QED) is 0.670. The van der Waals surface area contributed by atoms with E-state index in [2.05, 4.69) is 36.5 Å². The van der Waals surface area contributed by atoms with Crippen molar-refractivity contribution in [1.29, 1.82) is 0 Å². The van der Waals surface area contributed by atoms with E-state index in [1.165, 1.54) is 11.1 Å². The summed E-state index contributed by atoms with van der Waals surface area (Å²) in [5.41, 5.74) is 2.57. The minimum absolute atomic E-state index is 0. The van der Waals surface area contributed by atoms with Crippen LogP contribution in [0.2, 0.25) is 0 Å². The molecule has 1 N–H and O–H groups in total. The van der Waals surface area contributed by atoms with Gasteiger partial charge in [-0.05, 0) is 12.5 Å². The van der Waals surface area contributed by atoms with Crippen molar-refractivity contribution < 1.29 is 4.74 Å². The van der Waals surface area contributed by atoms with Gasteiger partial charge >= 0.3 is 0 Å². The van der Waals surface area contributed by atoms with Gasteiger partial charge in [-0.15, -0.1) is 0 Å². The molecule has 1 saturated heterocycles. The summed E-state index contributed by atoms with van der Waals surface area (Å²) in [6.07, 6.45) is 0.245. The van der Waals surface area contributed by atoms with E-state index in [4.69, 9.17) is 4.74 Å². The van der Waals surface area contributed by atoms with E-state index >= 15 is 0 Å². The zero-order valence-corrected chi connectivity index (χ0v) is 8.49. The maximum absolute atomic E-state index is 5.64. The Bertz CT molecular complexity index is 267. The predicted octanol–water partition coefficient (Wildman–Crippen LogP) is 1.28. The minimum Gasteiger partial charge on any atom is -0.371 e. The molecule has 14 heavy (non-hydrogen) atoms. The molecule has 0 spiro atoms. The fourth-order valence-corrected chi connectivity index (χ4v) is 1.56. The smallest absolute Gasteiger partial charge is 0.0949 e. The van der Waals surface area contributed by atoms with Gasteiger partial charge in [0.1, 0.15) is 0 Å². The molecule has 1 fully saturated rings. The molecule has 3 radical (unpaired) electrons. The first kappa shape index (κ1) is 11.3. The van der Waals surface area contributed by atoms with Gasteiger partial charge in [0.05, 0.1) is 12.7 Å². The zero-order valence-electron chi connectivity index (χ0n) is 8.49. The third kappa shape index (κ3) is 2.60. The highest BCUT2D eigenvalue weighted by Gasteiger charge is 2.14. The molecule has 1 heterocycles. The van der Waals surface area contributed by atoms with Crippen molar-refractivity contribution in [3.63, 3.8) is 0 Å². The zero-order chi connectivity index (χ0) is 9.10. The van der Waals surface area contributed by atoms with E-state index in [9.17, 15) is 0 Å². The molecule has 1 unspecified atom stereocenters. The van der Waals surface area contributed by atoms with Crippen LogP contribution < -0.4 is 5.32 Å². The van der Waals surface area contributed by atoms with Crippen LogP contribution in [0.15, 0.2) is 24.3 Å². The van der Waals surface area contributed by atoms with Gasteiger partial charge in [0.15, 0.2) is 0 Å². The van der Waals surface area contributed by atoms with Gasteiger partial charge < -0.3 is 10.1 Å². The van der Waals surface area contributed by atoms with Crippen LogP contribution in [0.4, 0.5) is 0 Å². The molecule has 1 atom stereocenters. The van der Waals surface area contributed by atoms with E-state index < -0.39 is 0 Å². The second-order valence-electron chi connectivity index (χ2n) is 3.47. The Morgan fingerprint density at radius 3 is 2.57 bits per heavy atom. The number of ether oxygens (including phenoxy) is 1. The summed E-state index contributed by atoms with van der Waals surface area (Å²) in [6.45, 7) is 4.83. The number of morpholine rings is 1. The van der Waals surface area contributed by atoms with Crippen molar-refractivity contribution in [2.75, 3.05) is 19.7 Å². The number of nitrogens with one attached hydrogen (secondary N) is 1. The molecule has 73 valence electrons. The fourth-order valence-electron chi connectivity index (χ4n) is 1.56. The maximum atomic E-state index is 5.64. The molecule has 1 aliphatic rings. The third-order valence-corrected chi connectivity index (χ3v) is 2.38. The lowest BCUT2D eigenvalue weighted by atomic mass is 10.1. The van der Waals surface area contributed by atoms with Crippen LogP contribution in [0.5, 0.6) is 0 Å². The molecule has 3 heteroatoms. The average molecular weight is 188 g/mol. The van der Waals surface area contributed by atoms with Crippen LogP contribution >= 0.6 is 0 Å². The van der Waals surface area contributed by atoms with Crippen LogP contribution in [0, 0.1) is 6.92 Å². The van der Waals surface area contributed by atoms with Gasteiger partial charge in [-0.25, -0.2) is 0 Å². The van der Waals surface area contributed by atoms with Crippen molar-refractivity contribution in [2.45, 2.75) is 13.0 Å². The first-order valence-corrected chi connectivity index (χ1v) is 4.75. The summed E-state index contributed by atoms with van der Waals surface area (Å²) < 4.78 is 5.64. The highest BCUT2D eigenvalue weighted by Crippen LogP contribution is 2.18. The molecule has 1 aromatic carbocycles. The van der Waals surface area contributed by atoms with Crippen LogP contribution in [0.1, 0.15) is 17.2 Å². The number of hydrogen-bond donors (Lipinski definition) is 1. The van der Waals surface area contributed by atoms with Crippen molar-refractivity contribution in [3.8, 4) is 0 Å². The number of benzene rings is 1. The summed E-state index contributed by atoms with van der Waals surface area (Å²) in [4.78, 5) is 0. The lowest BCUT2D eigenvalue weighted by Crippen LogP contribution is -2.33. The van der Waals surface area contributed by atoms with Crippen LogP contribution in [-0.2, 0) is 4.74 Å². The van der Waals surface area contributed by atoms with Crippen LogP contribution in [0.25, 0.3) is 0 Å². The molecule has 2 rings (SSSR count). The molecule has 0 bridgehead atoms. The normalized spacial score (nSPS) is 21.4. The Balaban J connectivity index is 0.000000980. The Hall–Kier alpha value is -0.795. The van der Waals surface area contributed by atoms with E-state index in [1.54, 1.807) is 0 Å². The van der Waals surface area contributed by atoms with Gasteiger partial charge in [-0.1, -0.05) is 29.8 Å².